The number of amides is 1. The molecule has 0 saturated carbocycles. The summed E-state index contributed by atoms with van der Waals surface area (Å²) in [4.78, 5) is 16.5. The Bertz CT molecular complexity index is 849. The Labute approximate surface area is 153 Å². The summed E-state index contributed by atoms with van der Waals surface area (Å²) in [5.74, 6) is 1.28. The number of nitrogens with zero attached hydrogens (tertiary/aromatic N) is 1. The highest BCUT2D eigenvalue weighted by Gasteiger charge is 2.08. The van der Waals surface area contributed by atoms with Crippen molar-refractivity contribution in [2.45, 2.75) is 13.3 Å². The zero-order chi connectivity index (χ0) is 18.2. The molecule has 132 valence electrons. The highest BCUT2D eigenvalue weighted by atomic mass is 16.5. The van der Waals surface area contributed by atoms with E-state index in [0.717, 1.165) is 24.4 Å². The molecular weight excluding hydrogens is 326 g/mol. The monoisotopic (exact) mass is 347 g/mol. The quantitative estimate of drug-likeness (QED) is 0.635. The second-order valence-corrected chi connectivity index (χ2v) is 5.78. The smallest absolute Gasteiger partial charge is 0.257 e. The van der Waals surface area contributed by atoms with E-state index in [2.05, 4.69) is 22.5 Å². The average molecular weight is 347 g/mol. The number of rotatable bonds is 7. The highest BCUT2D eigenvalue weighted by molar-refractivity contribution is 6.04. The fourth-order valence-corrected chi connectivity index (χ4v) is 2.36. The minimum atomic E-state index is -0.200. The molecule has 0 radical (unpaired) electrons. The lowest BCUT2D eigenvalue weighted by molar-refractivity contribution is 0.102. The topological polar surface area (TPSA) is 63.2 Å². The van der Waals surface area contributed by atoms with E-state index in [1.54, 1.807) is 18.5 Å². The maximum Gasteiger partial charge on any atom is 0.257 e. The number of nitrogens with one attached hydrogen (secondary N) is 2. The van der Waals surface area contributed by atoms with E-state index in [0.29, 0.717) is 17.0 Å². The first-order valence-corrected chi connectivity index (χ1v) is 8.58. The summed E-state index contributed by atoms with van der Waals surface area (Å²) in [5, 5.41) is 6.10. The molecule has 0 aliphatic heterocycles. The highest BCUT2D eigenvalue weighted by Crippen LogP contribution is 2.23. The molecule has 5 heteroatoms. The van der Waals surface area contributed by atoms with Gasteiger partial charge in [0.15, 0.2) is 0 Å². The van der Waals surface area contributed by atoms with E-state index in [4.69, 9.17) is 4.74 Å². The van der Waals surface area contributed by atoms with Crippen molar-refractivity contribution in [3.05, 3.63) is 78.6 Å². The predicted molar refractivity (Wildman–Crippen MR) is 104 cm³/mol. The van der Waals surface area contributed by atoms with Gasteiger partial charge in [-0.3, -0.25) is 9.78 Å². The summed E-state index contributed by atoms with van der Waals surface area (Å²) in [7, 11) is 0. The molecule has 0 atom stereocenters. The second-order valence-electron chi connectivity index (χ2n) is 5.78. The van der Waals surface area contributed by atoms with Crippen molar-refractivity contribution in [2.24, 2.45) is 0 Å². The molecule has 1 heterocycles. The summed E-state index contributed by atoms with van der Waals surface area (Å²) in [6.45, 7) is 2.93. The molecule has 1 amide bonds. The molecule has 0 bridgehead atoms. The zero-order valence-electron chi connectivity index (χ0n) is 14.6. The molecule has 0 aliphatic carbocycles. The Balaban J connectivity index is 1.62. The minimum absolute atomic E-state index is 0.200. The van der Waals surface area contributed by atoms with Gasteiger partial charge in [-0.25, -0.2) is 0 Å². The van der Waals surface area contributed by atoms with Gasteiger partial charge in [0.1, 0.15) is 11.5 Å². The fourth-order valence-electron chi connectivity index (χ4n) is 2.36. The first kappa shape index (κ1) is 17.5. The van der Waals surface area contributed by atoms with Crippen LogP contribution in [0, 0.1) is 0 Å². The lowest BCUT2D eigenvalue weighted by atomic mass is 10.2. The van der Waals surface area contributed by atoms with Gasteiger partial charge in [-0.1, -0.05) is 25.1 Å². The van der Waals surface area contributed by atoms with Gasteiger partial charge in [0.2, 0.25) is 0 Å². The molecule has 0 saturated heterocycles. The summed E-state index contributed by atoms with van der Waals surface area (Å²) < 4.78 is 5.75. The zero-order valence-corrected chi connectivity index (χ0v) is 14.6. The molecular formula is C21H21N3O2. The molecule has 26 heavy (non-hydrogen) atoms. The number of carbonyl (C=O) groups is 1. The predicted octanol–water partition coefficient (Wildman–Crippen LogP) is 4.95. The third-order valence-electron chi connectivity index (χ3n) is 3.67. The van der Waals surface area contributed by atoms with Crippen LogP contribution in [0.5, 0.6) is 11.5 Å². The van der Waals surface area contributed by atoms with Crippen molar-refractivity contribution in [1.29, 1.82) is 0 Å². The van der Waals surface area contributed by atoms with Gasteiger partial charge in [0.05, 0.1) is 11.3 Å². The number of ether oxygens (including phenoxy) is 1. The van der Waals surface area contributed by atoms with Crippen LogP contribution < -0.4 is 15.4 Å². The Morgan fingerprint density at radius 2 is 1.69 bits per heavy atom. The van der Waals surface area contributed by atoms with Crippen LogP contribution in [0.4, 0.5) is 11.4 Å². The Kier molecular flexibility index (Phi) is 5.83. The molecule has 2 N–H and O–H groups in total. The van der Waals surface area contributed by atoms with Crippen molar-refractivity contribution >= 4 is 17.3 Å². The third kappa shape index (κ3) is 4.83. The van der Waals surface area contributed by atoms with Gasteiger partial charge >= 0.3 is 0 Å². The van der Waals surface area contributed by atoms with Crippen LogP contribution in [-0.4, -0.2) is 17.4 Å². The first-order valence-electron chi connectivity index (χ1n) is 8.58. The number of pyridine rings is 1. The average Bonchev–Trinajstić information content (AvgIpc) is 2.69. The van der Waals surface area contributed by atoms with Crippen LogP contribution >= 0.6 is 0 Å². The third-order valence-corrected chi connectivity index (χ3v) is 3.67. The molecule has 2 aromatic carbocycles. The second kappa shape index (κ2) is 8.67. The lowest BCUT2D eigenvalue weighted by Gasteiger charge is -2.09. The fraction of sp³-hybridized carbons (Fsp3) is 0.143. The molecule has 5 nitrogen and oxygen atoms in total. The van der Waals surface area contributed by atoms with Crippen LogP contribution in [-0.2, 0) is 0 Å². The van der Waals surface area contributed by atoms with E-state index in [1.165, 1.54) is 0 Å². The standard InChI is InChI=1S/C21H21N3O2/c1-2-12-23-18-13-16(14-22-15-18)21(25)24-17-8-10-20(11-9-17)26-19-6-4-3-5-7-19/h3-11,13-15,23H,2,12H2,1H3,(H,24,25). The van der Waals surface area contributed by atoms with Crippen LogP contribution in [0.1, 0.15) is 23.7 Å². The van der Waals surface area contributed by atoms with E-state index in [1.807, 2.05) is 54.6 Å². The maximum atomic E-state index is 12.4. The number of anilines is 2. The molecule has 3 rings (SSSR count). The number of hydrogen-bond donors (Lipinski definition) is 2. The largest absolute Gasteiger partial charge is 0.457 e. The van der Waals surface area contributed by atoms with Gasteiger partial charge in [-0.2, -0.15) is 0 Å². The summed E-state index contributed by atoms with van der Waals surface area (Å²) in [6.07, 6.45) is 4.27. The first-order chi connectivity index (χ1) is 12.7. The number of carbonyl (C=O) groups excluding carboxylic acids is 1. The van der Waals surface area contributed by atoms with Gasteiger partial charge in [-0.05, 0) is 48.9 Å². The van der Waals surface area contributed by atoms with Crippen molar-refractivity contribution in [3.8, 4) is 11.5 Å². The molecule has 0 aliphatic rings. The van der Waals surface area contributed by atoms with Crippen molar-refractivity contribution < 1.29 is 9.53 Å². The molecule has 0 fully saturated rings. The molecule has 3 aromatic rings. The van der Waals surface area contributed by atoms with Gasteiger partial charge in [-0.15, -0.1) is 0 Å². The molecule has 0 unspecified atom stereocenters. The molecule has 1 aromatic heterocycles. The molecule has 0 spiro atoms. The summed E-state index contributed by atoms with van der Waals surface area (Å²) in [6, 6.07) is 18.6. The van der Waals surface area contributed by atoms with Crippen molar-refractivity contribution in [1.82, 2.24) is 4.98 Å². The number of benzene rings is 2. The number of aromatic nitrogens is 1. The van der Waals surface area contributed by atoms with E-state index in [-0.39, 0.29) is 5.91 Å². The van der Waals surface area contributed by atoms with Crippen molar-refractivity contribution in [2.75, 3.05) is 17.2 Å². The van der Waals surface area contributed by atoms with Crippen LogP contribution in [0.2, 0.25) is 0 Å². The Morgan fingerprint density at radius 1 is 0.962 bits per heavy atom. The minimum Gasteiger partial charge on any atom is -0.457 e. The van der Waals surface area contributed by atoms with Gasteiger partial charge in [0.25, 0.3) is 5.91 Å². The summed E-state index contributed by atoms with van der Waals surface area (Å²) >= 11 is 0. The van der Waals surface area contributed by atoms with E-state index < -0.39 is 0 Å². The van der Waals surface area contributed by atoms with Crippen LogP contribution in [0.3, 0.4) is 0 Å². The van der Waals surface area contributed by atoms with Crippen LogP contribution in [0.25, 0.3) is 0 Å². The Hall–Kier alpha value is -3.34. The van der Waals surface area contributed by atoms with Gasteiger partial charge in [0, 0.05) is 24.6 Å². The normalized spacial score (nSPS) is 10.2. The van der Waals surface area contributed by atoms with E-state index >= 15 is 0 Å². The van der Waals surface area contributed by atoms with Crippen LogP contribution in [0.15, 0.2) is 73.1 Å². The lowest BCUT2D eigenvalue weighted by Crippen LogP contribution is -2.13. The Morgan fingerprint density at radius 3 is 2.42 bits per heavy atom. The van der Waals surface area contributed by atoms with Crippen molar-refractivity contribution in [3.63, 3.8) is 0 Å². The maximum absolute atomic E-state index is 12.4. The number of hydrogen-bond acceptors (Lipinski definition) is 4. The van der Waals surface area contributed by atoms with Gasteiger partial charge < -0.3 is 15.4 Å². The van der Waals surface area contributed by atoms with E-state index in [9.17, 15) is 4.79 Å². The summed E-state index contributed by atoms with van der Waals surface area (Å²) in [5.41, 5.74) is 2.05. The SMILES string of the molecule is CCCNc1cncc(C(=O)Nc2ccc(Oc3ccccc3)cc2)c1. The number of para-hydroxylation sites is 1.